The van der Waals surface area contributed by atoms with E-state index in [9.17, 15) is 24.6 Å². The number of carbonyl (C=O) groups is 3. The molecule has 0 aromatic heterocycles. The van der Waals surface area contributed by atoms with Crippen LogP contribution in [0.15, 0.2) is 0 Å². The summed E-state index contributed by atoms with van der Waals surface area (Å²) in [5.74, 6) is 0. The van der Waals surface area contributed by atoms with Crippen LogP contribution in [0.3, 0.4) is 0 Å². The van der Waals surface area contributed by atoms with Crippen LogP contribution in [0, 0.1) is 0 Å². The average molecular weight is 623 g/mol. The van der Waals surface area contributed by atoms with E-state index in [0.717, 1.165) is 25.9 Å². The van der Waals surface area contributed by atoms with Crippen molar-refractivity contribution in [3.63, 3.8) is 0 Å². The first kappa shape index (κ1) is 40.8. The molecule has 0 bridgehead atoms. The lowest BCUT2D eigenvalue weighted by Crippen LogP contribution is -2.40. The third kappa shape index (κ3) is 22.0. The van der Waals surface area contributed by atoms with Crippen LogP contribution in [-0.2, 0) is 28.4 Å². The SMILES string of the molecule is CC(C)(C)OC(=O)OC(=O)OC(C)(C)C.COC1CC(O)CCN(C(=O)OC(C)(C)C)C1.COC1CC(O)CCN(C)C1. The number of nitrogens with zero attached hydrogens (tertiary/aromatic N) is 2. The summed E-state index contributed by atoms with van der Waals surface area (Å²) in [4.78, 5) is 37.7. The fourth-order valence-electron chi connectivity index (χ4n) is 3.89. The molecule has 4 atom stereocenters. The third-order valence-electron chi connectivity index (χ3n) is 5.85. The molecule has 2 N–H and O–H groups in total. The van der Waals surface area contributed by atoms with Crippen molar-refractivity contribution in [2.24, 2.45) is 0 Å². The highest BCUT2D eigenvalue weighted by Crippen LogP contribution is 2.17. The molecule has 254 valence electrons. The fourth-order valence-corrected chi connectivity index (χ4v) is 3.89. The second kappa shape index (κ2) is 18.6. The van der Waals surface area contributed by atoms with E-state index in [0.29, 0.717) is 25.9 Å². The molecule has 2 aliphatic heterocycles. The minimum atomic E-state index is -1.06. The zero-order valence-corrected chi connectivity index (χ0v) is 28.4. The van der Waals surface area contributed by atoms with Crippen molar-refractivity contribution in [1.82, 2.24) is 9.80 Å². The number of carbonyl (C=O) groups excluding carboxylic acids is 3. The van der Waals surface area contributed by atoms with E-state index in [1.807, 2.05) is 20.8 Å². The maximum absolute atomic E-state index is 11.9. The van der Waals surface area contributed by atoms with Gasteiger partial charge in [-0.15, -0.1) is 0 Å². The minimum absolute atomic E-state index is 0.125. The first-order valence-electron chi connectivity index (χ1n) is 14.8. The van der Waals surface area contributed by atoms with Crippen LogP contribution in [0.1, 0.15) is 88.0 Å². The molecule has 0 radical (unpaired) electrons. The van der Waals surface area contributed by atoms with Gasteiger partial charge in [-0.25, -0.2) is 14.4 Å². The van der Waals surface area contributed by atoms with Crippen molar-refractivity contribution in [3.8, 4) is 0 Å². The Bertz CT molecular complexity index is 795. The lowest BCUT2D eigenvalue weighted by atomic mass is 10.1. The Kier molecular flexibility index (Phi) is 17.6. The van der Waals surface area contributed by atoms with Gasteiger partial charge in [0.1, 0.15) is 16.8 Å². The van der Waals surface area contributed by atoms with E-state index in [1.165, 1.54) is 0 Å². The average Bonchev–Trinajstić information content (AvgIpc) is 3.10. The molecule has 43 heavy (non-hydrogen) atoms. The molecule has 13 heteroatoms. The first-order valence-corrected chi connectivity index (χ1v) is 14.8. The summed E-state index contributed by atoms with van der Waals surface area (Å²) >= 11 is 0. The molecule has 2 heterocycles. The minimum Gasteiger partial charge on any atom is -0.444 e. The third-order valence-corrected chi connectivity index (χ3v) is 5.85. The van der Waals surface area contributed by atoms with Gasteiger partial charge in [-0.05, 0) is 82.2 Å². The van der Waals surface area contributed by atoms with Crippen molar-refractivity contribution in [3.05, 3.63) is 0 Å². The maximum Gasteiger partial charge on any atom is 0.519 e. The molecule has 0 spiro atoms. The van der Waals surface area contributed by atoms with Gasteiger partial charge in [0, 0.05) is 46.7 Å². The summed E-state index contributed by atoms with van der Waals surface area (Å²) in [5, 5.41) is 19.1. The number of methoxy groups -OCH3 is 2. The van der Waals surface area contributed by atoms with Crippen LogP contribution >= 0.6 is 0 Å². The largest absolute Gasteiger partial charge is 0.519 e. The summed E-state index contributed by atoms with van der Waals surface area (Å²) in [6, 6.07) is 0. The lowest BCUT2D eigenvalue weighted by Gasteiger charge is -2.27. The molecule has 13 nitrogen and oxygen atoms in total. The van der Waals surface area contributed by atoms with E-state index < -0.39 is 35.2 Å². The number of ether oxygens (including phenoxy) is 6. The summed E-state index contributed by atoms with van der Waals surface area (Å²) in [6.45, 7) is 18.4. The quantitative estimate of drug-likeness (QED) is 0.256. The fraction of sp³-hybridized carbons (Fsp3) is 0.900. The molecule has 2 rings (SSSR count). The zero-order valence-electron chi connectivity index (χ0n) is 28.4. The van der Waals surface area contributed by atoms with Crippen molar-refractivity contribution < 1.29 is 53.0 Å². The zero-order chi connectivity index (χ0) is 33.6. The molecule has 0 saturated carbocycles. The number of amides is 1. The Morgan fingerprint density at radius 3 is 1.44 bits per heavy atom. The van der Waals surface area contributed by atoms with Gasteiger partial charge in [-0.3, -0.25) is 0 Å². The molecule has 0 aromatic rings. The van der Waals surface area contributed by atoms with Gasteiger partial charge in [0.2, 0.25) is 0 Å². The topological polar surface area (TPSA) is 154 Å². The number of aliphatic hydroxyl groups is 2. The van der Waals surface area contributed by atoms with Gasteiger partial charge in [0.25, 0.3) is 0 Å². The van der Waals surface area contributed by atoms with E-state index in [2.05, 4.69) is 16.7 Å². The monoisotopic (exact) mass is 622 g/mol. The molecular formula is C30H58N2O11. The Hall–Kier alpha value is -2.19. The molecular weight excluding hydrogens is 564 g/mol. The van der Waals surface area contributed by atoms with Crippen LogP contribution in [-0.4, -0.2) is 127 Å². The molecule has 2 saturated heterocycles. The predicted molar refractivity (Wildman–Crippen MR) is 161 cm³/mol. The number of hydrogen-bond donors (Lipinski definition) is 2. The van der Waals surface area contributed by atoms with Crippen LogP contribution in [0.2, 0.25) is 0 Å². The highest BCUT2D eigenvalue weighted by Gasteiger charge is 2.29. The number of likely N-dealkylation sites (N-methyl/N-ethyl adjacent to an activating group) is 1. The summed E-state index contributed by atoms with van der Waals surface area (Å²) in [6.07, 6.45) is -0.177. The van der Waals surface area contributed by atoms with Gasteiger partial charge in [0.05, 0.1) is 31.0 Å². The van der Waals surface area contributed by atoms with E-state index in [-0.39, 0.29) is 24.4 Å². The van der Waals surface area contributed by atoms with E-state index >= 15 is 0 Å². The van der Waals surface area contributed by atoms with Gasteiger partial charge in [0.15, 0.2) is 0 Å². The number of rotatable bonds is 2. The standard InChI is InChI=1S/C12H23NO4.C10H18O5.C8H17NO2/c1-12(2,3)17-11(15)13-6-5-9(14)7-10(8-13)16-4;1-9(2,3)14-7(11)13-8(12)15-10(4,5)6;1-9-4-3-7(10)5-8(6-9)11-2/h9-10,14H,5-8H2,1-4H3;1-6H3;7-8,10H,3-6H2,1-2H3. The van der Waals surface area contributed by atoms with Crippen molar-refractivity contribution in [1.29, 1.82) is 0 Å². The Morgan fingerprint density at radius 1 is 0.651 bits per heavy atom. The Morgan fingerprint density at radius 2 is 1.05 bits per heavy atom. The van der Waals surface area contributed by atoms with Gasteiger partial charge in [-0.2, -0.15) is 0 Å². The highest BCUT2D eigenvalue weighted by molar-refractivity contribution is 5.77. The van der Waals surface area contributed by atoms with Gasteiger partial charge < -0.3 is 48.4 Å². The first-order chi connectivity index (χ1) is 19.5. The second-order valence-corrected chi connectivity index (χ2v) is 13.8. The smallest absolute Gasteiger partial charge is 0.444 e. The summed E-state index contributed by atoms with van der Waals surface area (Å²) < 4.78 is 29.6. The Balaban J connectivity index is 0.000000629. The summed E-state index contributed by atoms with van der Waals surface area (Å²) in [7, 11) is 5.36. The normalized spacial score (nSPS) is 23.6. The van der Waals surface area contributed by atoms with Gasteiger partial charge in [-0.1, -0.05) is 0 Å². The van der Waals surface area contributed by atoms with Crippen LogP contribution < -0.4 is 0 Å². The lowest BCUT2D eigenvalue weighted by molar-refractivity contribution is -0.0294. The van der Waals surface area contributed by atoms with Gasteiger partial charge >= 0.3 is 18.4 Å². The van der Waals surface area contributed by atoms with Crippen molar-refractivity contribution in [2.45, 2.75) is 129 Å². The highest BCUT2D eigenvalue weighted by atomic mass is 16.8. The van der Waals surface area contributed by atoms with Crippen molar-refractivity contribution in [2.75, 3.05) is 47.4 Å². The molecule has 2 aliphatic rings. The number of likely N-dealkylation sites (tertiary alicyclic amines) is 2. The van der Waals surface area contributed by atoms with Crippen LogP contribution in [0.5, 0.6) is 0 Å². The number of aliphatic hydroxyl groups excluding tert-OH is 2. The molecule has 0 aromatic carbocycles. The second-order valence-electron chi connectivity index (χ2n) is 13.8. The maximum atomic E-state index is 11.9. The molecule has 1 amide bonds. The molecule has 0 aliphatic carbocycles. The molecule has 4 unspecified atom stereocenters. The van der Waals surface area contributed by atoms with E-state index in [1.54, 1.807) is 60.7 Å². The van der Waals surface area contributed by atoms with Crippen LogP contribution in [0.4, 0.5) is 14.4 Å². The predicted octanol–water partition coefficient (Wildman–Crippen LogP) is 4.35. The Labute approximate surface area is 258 Å². The molecule has 2 fully saturated rings. The van der Waals surface area contributed by atoms with E-state index in [4.69, 9.17) is 23.7 Å². The summed E-state index contributed by atoms with van der Waals surface area (Å²) in [5.41, 5.74) is -1.89. The van der Waals surface area contributed by atoms with Crippen molar-refractivity contribution >= 4 is 18.4 Å². The number of hydrogen-bond acceptors (Lipinski definition) is 12. The van der Waals surface area contributed by atoms with Crippen LogP contribution in [0.25, 0.3) is 0 Å².